The zero-order chi connectivity index (χ0) is 30.7. The van der Waals surface area contributed by atoms with Gasteiger partial charge in [0.1, 0.15) is 0 Å². The van der Waals surface area contributed by atoms with Crippen molar-refractivity contribution < 1.29 is 38.7 Å². The van der Waals surface area contributed by atoms with Crippen molar-refractivity contribution in [1.82, 2.24) is 0 Å². The third kappa shape index (κ3) is 23.5. The topological polar surface area (TPSA) is 77.4 Å². The summed E-state index contributed by atoms with van der Waals surface area (Å²) in [5, 5.41) is 0. The van der Waals surface area contributed by atoms with E-state index in [1.54, 1.807) is 18.3 Å². The maximum atomic E-state index is 8.63. The summed E-state index contributed by atoms with van der Waals surface area (Å²) < 4.78 is 36.2. The van der Waals surface area contributed by atoms with Gasteiger partial charge in [-0.25, -0.2) is 8.42 Å². The van der Waals surface area contributed by atoms with Crippen molar-refractivity contribution in [3.63, 3.8) is 0 Å². The first-order chi connectivity index (χ1) is 20.3. The van der Waals surface area contributed by atoms with Crippen LogP contribution in [0.25, 0.3) is 0 Å². The van der Waals surface area contributed by atoms with Crippen LogP contribution in [0.2, 0.25) is 0 Å². The summed E-state index contributed by atoms with van der Waals surface area (Å²) in [7, 11) is -4.92. The van der Waals surface area contributed by atoms with Crippen molar-refractivity contribution in [2.24, 2.45) is 0 Å². The molecule has 0 amide bonds. The van der Waals surface area contributed by atoms with Gasteiger partial charge in [-0.05, 0) is 37.8 Å². The van der Waals surface area contributed by atoms with E-state index in [-0.39, 0.29) is 21.2 Å². The SMILES string of the molecule is CCCCCCCCCCCCc1ccccc1[I+]c1ccccc1CCCCCCCCCCCC.O=S(=O)([O-])O. The molecule has 0 saturated carbocycles. The first kappa shape index (κ1) is 39.1. The largest absolute Gasteiger partial charge is 0.726 e. The first-order valence-electron chi connectivity index (χ1n) is 16.8. The van der Waals surface area contributed by atoms with Crippen LogP contribution in [-0.2, 0) is 23.2 Å². The lowest BCUT2D eigenvalue weighted by molar-refractivity contribution is -0.599. The van der Waals surface area contributed by atoms with Crippen molar-refractivity contribution in [3.8, 4) is 0 Å². The van der Waals surface area contributed by atoms with Gasteiger partial charge in [-0.3, -0.25) is 4.55 Å². The van der Waals surface area contributed by atoms with Gasteiger partial charge in [-0.15, -0.1) is 0 Å². The number of hydrogen-bond acceptors (Lipinski definition) is 3. The van der Waals surface area contributed by atoms with E-state index in [1.807, 2.05) is 0 Å². The van der Waals surface area contributed by atoms with E-state index in [0.717, 1.165) is 0 Å². The predicted octanol–water partition coefficient (Wildman–Crippen LogP) is 7.75. The molecular formula is C36H59IO4S. The van der Waals surface area contributed by atoms with E-state index in [1.165, 1.54) is 141 Å². The Bertz CT molecular complexity index is 935. The zero-order valence-electron chi connectivity index (χ0n) is 26.6. The Hall–Kier alpha value is -0.960. The zero-order valence-corrected chi connectivity index (χ0v) is 29.6. The van der Waals surface area contributed by atoms with Gasteiger partial charge in [0.25, 0.3) is 0 Å². The van der Waals surface area contributed by atoms with Crippen LogP contribution in [0.15, 0.2) is 48.5 Å². The lowest BCUT2D eigenvalue weighted by Crippen LogP contribution is -3.62. The summed E-state index contributed by atoms with van der Waals surface area (Å²) in [6.45, 7) is 4.61. The third-order valence-corrected chi connectivity index (χ3v) is 11.0. The second kappa shape index (κ2) is 26.4. The minimum atomic E-state index is -4.92. The summed E-state index contributed by atoms with van der Waals surface area (Å²) >= 11 is -0.0947. The molecule has 240 valence electrons. The molecule has 0 heterocycles. The molecular weight excluding hydrogens is 655 g/mol. The van der Waals surface area contributed by atoms with Crippen molar-refractivity contribution in [2.45, 2.75) is 155 Å². The van der Waals surface area contributed by atoms with Crippen molar-refractivity contribution >= 4 is 10.4 Å². The lowest BCUT2D eigenvalue weighted by atomic mass is 10.0. The summed E-state index contributed by atoms with van der Waals surface area (Å²) in [6.07, 6.45) is 30.9. The number of rotatable bonds is 24. The standard InChI is InChI=1S/C36H58I.H2O4S/c1-3-5-7-9-11-13-15-17-19-21-27-33-29-23-25-31-35(33)37-36-32-26-24-30-34(36)28-22-20-18-16-14-12-10-8-6-4-2;1-5(2,3)4/h23-26,29-32H,3-22,27-28H2,1-2H3;(H2,1,2,3,4)/q+1;/p-1. The molecule has 0 aliphatic heterocycles. The van der Waals surface area contributed by atoms with Crippen molar-refractivity contribution in [2.75, 3.05) is 0 Å². The molecule has 2 aromatic carbocycles. The number of unbranched alkanes of at least 4 members (excludes halogenated alkanes) is 18. The van der Waals surface area contributed by atoms with Crippen LogP contribution in [0.1, 0.15) is 153 Å². The molecule has 0 aliphatic carbocycles. The molecule has 0 fully saturated rings. The Morgan fingerprint density at radius 2 is 0.786 bits per heavy atom. The Morgan fingerprint density at radius 3 is 1.10 bits per heavy atom. The quantitative estimate of drug-likeness (QED) is 0.0523. The first-order valence-corrected chi connectivity index (χ1v) is 20.4. The second-order valence-corrected chi connectivity index (χ2v) is 15.3. The van der Waals surface area contributed by atoms with Crippen LogP contribution >= 0.6 is 0 Å². The predicted molar refractivity (Wildman–Crippen MR) is 174 cm³/mol. The summed E-state index contributed by atoms with van der Waals surface area (Å²) in [5.74, 6) is 0. The monoisotopic (exact) mass is 714 g/mol. The highest BCUT2D eigenvalue weighted by molar-refractivity contribution is 7.79. The van der Waals surface area contributed by atoms with E-state index in [2.05, 4.69) is 62.4 Å². The maximum Gasteiger partial charge on any atom is 0.358 e. The molecule has 0 radical (unpaired) electrons. The molecule has 0 saturated heterocycles. The molecule has 0 atom stereocenters. The van der Waals surface area contributed by atoms with Crippen LogP contribution in [0.5, 0.6) is 0 Å². The van der Waals surface area contributed by atoms with Crippen molar-refractivity contribution in [1.29, 1.82) is 0 Å². The highest BCUT2D eigenvalue weighted by Gasteiger charge is 2.22. The number of benzene rings is 2. The molecule has 0 bridgehead atoms. The van der Waals surface area contributed by atoms with Gasteiger partial charge in [0, 0.05) is 11.1 Å². The molecule has 4 nitrogen and oxygen atoms in total. The van der Waals surface area contributed by atoms with Crippen LogP contribution in [0.4, 0.5) is 0 Å². The molecule has 2 aromatic rings. The highest BCUT2D eigenvalue weighted by atomic mass is 127. The van der Waals surface area contributed by atoms with Gasteiger partial charge < -0.3 is 4.55 Å². The fraction of sp³-hybridized carbons (Fsp3) is 0.667. The Kier molecular flexibility index (Phi) is 24.6. The molecule has 0 aliphatic rings. The average molecular weight is 715 g/mol. The molecule has 0 unspecified atom stereocenters. The van der Waals surface area contributed by atoms with E-state index in [4.69, 9.17) is 17.5 Å². The van der Waals surface area contributed by atoms with Crippen molar-refractivity contribution in [3.05, 3.63) is 66.8 Å². The summed E-state index contributed by atoms with van der Waals surface area (Å²) in [6, 6.07) is 18.7. The smallest absolute Gasteiger partial charge is 0.358 e. The minimum absolute atomic E-state index is 0.0947. The summed E-state index contributed by atoms with van der Waals surface area (Å²) in [4.78, 5) is 0. The van der Waals surface area contributed by atoms with Gasteiger partial charge in [0.15, 0.2) is 7.14 Å². The molecule has 2 rings (SSSR count). The van der Waals surface area contributed by atoms with Gasteiger partial charge in [-0.1, -0.05) is 166 Å². The van der Waals surface area contributed by atoms with E-state index in [9.17, 15) is 0 Å². The van der Waals surface area contributed by atoms with Gasteiger partial charge in [0.05, 0.1) is 0 Å². The maximum absolute atomic E-state index is 8.63. The Morgan fingerprint density at radius 1 is 0.524 bits per heavy atom. The average Bonchev–Trinajstić information content (AvgIpc) is 2.96. The number of aryl methyl sites for hydroxylation is 2. The number of halogens is 1. The van der Waals surface area contributed by atoms with Gasteiger partial charge in [-0.2, -0.15) is 0 Å². The highest BCUT2D eigenvalue weighted by Crippen LogP contribution is 2.14. The van der Waals surface area contributed by atoms with Crippen LogP contribution in [0, 0.1) is 7.14 Å². The fourth-order valence-corrected chi connectivity index (χ4v) is 8.29. The minimum Gasteiger partial charge on any atom is -0.726 e. The Balaban J connectivity index is 0.00000162. The summed E-state index contributed by atoms with van der Waals surface area (Å²) in [5.41, 5.74) is 3.26. The molecule has 42 heavy (non-hydrogen) atoms. The lowest BCUT2D eigenvalue weighted by Gasteiger charge is -2.05. The molecule has 6 heteroatoms. The molecule has 0 aromatic heterocycles. The van der Waals surface area contributed by atoms with Crippen LogP contribution in [-0.4, -0.2) is 17.5 Å². The van der Waals surface area contributed by atoms with E-state index < -0.39 is 10.4 Å². The third-order valence-electron chi connectivity index (χ3n) is 7.72. The van der Waals surface area contributed by atoms with Crippen LogP contribution < -0.4 is 21.2 Å². The molecule has 1 N–H and O–H groups in total. The van der Waals surface area contributed by atoms with Gasteiger partial charge >= 0.3 is 21.2 Å². The fourth-order valence-electron chi connectivity index (χ4n) is 5.30. The van der Waals surface area contributed by atoms with Crippen LogP contribution in [0.3, 0.4) is 0 Å². The van der Waals surface area contributed by atoms with E-state index in [0.29, 0.717) is 0 Å². The second-order valence-electron chi connectivity index (χ2n) is 11.6. The van der Waals surface area contributed by atoms with Gasteiger partial charge in [0.2, 0.25) is 10.4 Å². The Labute approximate surface area is 269 Å². The van der Waals surface area contributed by atoms with E-state index >= 15 is 0 Å². The number of hydrogen-bond donors (Lipinski definition) is 1. The molecule has 0 spiro atoms. The normalized spacial score (nSPS) is 11.3.